The van der Waals surface area contributed by atoms with E-state index >= 15 is 0 Å². The Bertz CT molecular complexity index is 494. The standard InChI is InChI=1S/C15H14Cl2O/c16-10-3-11-18-13-8-6-12(7-9-13)14-4-1-2-5-15(14)17/h1-2,4-9H,3,10-11H2. The summed E-state index contributed by atoms with van der Waals surface area (Å²) >= 11 is 11.8. The first-order chi connectivity index (χ1) is 8.81. The quantitative estimate of drug-likeness (QED) is 0.552. The van der Waals surface area contributed by atoms with Crippen molar-refractivity contribution in [1.29, 1.82) is 0 Å². The summed E-state index contributed by atoms with van der Waals surface area (Å²) in [4.78, 5) is 0. The van der Waals surface area contributed by atoms with Crippen molar-refractivity contribution in [3.63, 3.8) is 0 Å². The summed E-state index contributed by atoms with van der Waals surface area (Å²) in [5.74, 6) is 1.48. The van der Waals surface area contributed by atoms with Gasteiger partial charge in [0, 0.05) is 16.5 Å². The molecule has 2 aromatic carbocycles. The molecule has 0 aliphatic rings. The topological polar surface area (TPSA) is 9.23 Å². The number of benzene rings is 2. The summed E-state index contributed by atoms with van der Waals surface area (Å²) in [5, 5.41) is 0.758. The van der Waals surface area contributed by atoms with Gasteiger partial charge >= 0.3 is 0 Å². The normalized spacial score (nSPS) is 10.3. The van der Waals surface area contributed by atoms with Crippen LogP contribution in [0.4, 0.5) is 0 Å². The molecule has 2 aromatic rings. The average Bonchev–Trinajstić information content (AvgIpc) is 2.41. The van der Waals surface area contributed by atoms with Gasteiger partial charge in [0.15, 0.2) is 0 Å². The fourth-order valence-corrected chi connectivity index (χ4v) is 2.02. The van der Waals surface area contributed by atoms with Gasteiger partial charge in [-0.05, 0) is 30.2 Å². The van der Waals surface area contributed by atoms with E-state index in [4.69, 9.17) is 27.9 Å². The van der Waals surface area contributed by atoms with Crippen molar-refractivity contribution in [2.75, 3.05) is 12.5 Å². The number of halogens is 2. The van der Waals surface area contributed by atoms with Gasteiger partial charge in [0.05, 0.1) is 6.61 Å². The lowest BCUT2D eigenvalue weighted by molar-refractivity contribution is 0.318. The first-order valence-corrected chi connectivity index (χ1v) is 6.76. The van der Waals surface area contributed by atoms with Crippen molar-refractivity contribution in [3.05, 3.63) is 53.6 Å². The molecule has 0 aromatic heterocycles. The fourth-order valence-electron chi connectivity index (χ4n) is 1.67. The van der Waals surface area contributed by atoms with Crippen LogP contribution in [0.25, 0.3) is 11.1 Å². The van der Waals surface area contributed by atoms with E-state index in [2.05, 4.69) is 0 Å². The second-order valence-electron chi connectivity index (χ2n) is 3.90. The Kier molecular flexibility index (Phi) is 4.91. The van der Waals surface area contributed by atoms with Gasteiger partial charge in [-0.2, -0.15) is 0 Å². The van der Waals surface area contributed by atoms with Gasteiger partial charge in [-0.1, -0.05) is 41.9 Å². The molecular formula is C15H14Cl2O. The number of hydrogen-bond donors (Lipinski definition) is 0. The molecule has 0 fully saturated rings. The highest BCUT2D eigenvalue weighted by Crippen LogP contribution is 2.28. The molecule has 94 valence electrons. The average molecular weight is 281 g/mol. The molecule has 0 heterocycles. The van der Waals surface area contributed by atoms with Crippen molar-refractivity contribution < 1.29 is 4.74 Å². The summed E-state index contributed by atoms with van der Waals surface area (Å²) in [7, 11) is 0. The highest BCUT2D eigenvalue weighted by atomic mass is 35.5. The third kappa shape index (κ3) is 3.41. The van der Waals surface area contributed by atoms with Crippen molar-refractivity contribution in [2.45, 2.75) is 6.42 Å². The molecule has 0 atom stereocenters. The molecule has 3 heteroatoms. The minimum atomic E-state index is 0.623. The largest absolute Gasteiger partial charge is 0.494 e. The molecule has 0 aliphatic heterocycles. The summed E-state index contributed by atoms with van der Waals surface area (Å²) in [6.07, 6.45) is 0.855. The number of alkyl halides is 1. The van der Waals surface area contributed by atoms with Gasteiger partial charge in [0.2, 0.25) is 0 Å². The molecule has 18 heavy (non-hydrogen) atoms. The Balaban J connectivity index is 2.10. The number of rotatable bonds is 5. The lowest BCUT2D eigenvalue weighted by Crippen LogP contribution is -1.97. The van der Waals surface area contributed by atoms with Crippen molar-refractivity contribution in [2.24, 2.45) is 0 Å². The van der Waals surface area contributed by atoms with Crippen LogP contribution in [-0.4, -0.2) is 12.5 Å². The lowest BCUT2D eigenvalue weighted by atomic mass is 10.1. The maximum absolute atomic E-state index is 6.16. The third-order valence-corrected chi connectivity index (χ3v) is 3.18. The maximum Gasteiger partial charge on any atom is 0.119 e. The third-order valence-electron chi connectivity index (χ3n) is 2.59. The summed E-state index contributed by atoms with van der Waals surface area (Å²) < 4.78 is 5.55. The Hall–Kier alpha value is -1.18. The maximum atomic E-state index is 6.16. The molecule has 2 rings (SSSR count). The monoisotopic (exact) mass is 280 g/mol. The lowest BCUT2D eigenvalue weighted by Gasteiger charge is -2.07. The molecule has 0 saturated carbocycles. The van der Waals surface area contributed by atoms with Gasteiger partial charge < -0.3 is 4.74 Å². The summed E-state index contributed by atoms with van der Waals surface area (Å²) in [5.41, 5.74) is 2.12. The van der Waals surface area contributed by atoms with Crippen molar-refractivity contribution in [1.82, 2.24) is 0 Å². The van der Waals surface area contributed by atoms with Crippen LogP contribution in [0.3, 0.4) is 0 Å². The van der Waals surface area contributed by atoms with E-state index in [0.29, 0.717) is 12.5 Å². The molecule has 0 bridgehead atoms. The zero-order valence-electron chi connectivity index (χ0n) is 9.90. The smallest absolute Gasteiger partial charge is 0.119 e. The zero-order valence-corrected chi connectivity index (χ0v) is 11.4. The van der Waals surface area contributed by atoms with E-state index in [1.165, 1.54) is 0 Å². The van der Waals surface area contributed by atoms with E-state index in [1.807, 2.05) is 48.5 Å². The summed E-state index contributed by atoms with van der Waals surface area (Å²) in [6.45, 7) is 0.648. The minimum Gasteiger partial charge on any atom is -0.494 e. The first-order valence-electron chi connectivity index (χ1n) is 5.85. The highest BCUT2D eigenvalue weighted by Gasteiger charge is 2.02. The molecule has 1 nitrogen and oxygen atoms in total. The van der Waals surface area contributed by atoms with Gasteiger partial charge in [-0.3, -0.25) is 0 Å². The van der Waals surface area contributed by atoms with Crippen molar-refractivity contribution >= 4 is 23.2 Å². The van der Waals surface area contributed by atoms with Crippen LogP contribution in [0.5, 0.6) is 5.75 Å². The van der Waals surface area contributed by atoms with Gasteiger partial charge in [0.25, 0.3) is 0 Å². The van der Waals surface area contributed by atoms with E-state index < -0.39 is 0 Å². The molecule has 0 spiro atoms. The number of hydrogen-bond acceptors (Lipinski definition) is 1. The van der Waals surface area contributed by atoms with Crippen LogP contribution in [-0.2, 0) is 0 Å². The molecule has 0 aliphatic carbocycles. The zero-order chi connectivity index (χ0) is 12.8. The van der Waals surface area contributed by atoms with Crippen LogP contribution < -0.4 is 4.74 Å². The molecular weight excluding hydrogens is 267 g/mol. The van der Waals surface area contributed by atoms with E-state index in [1.54, 1.807) is 0 Å². The molecule has 0 N–H and O–H groups in total. The number of ether oxygens (including phenoxy) is 1. The van der Waals surface area contributed by atoms with Crippen LogP contribution in [0.1, 0.15) is 6.42 Å². The molecule has 0 saturated heterocycles. The second kappa shape index (κ2) is 6.67. The fraction of sp³-hybridized carbons (Fsp3) is 0.200. The van der Waals surface area contributed by atoms with Gasteiger partial charge in [0.1, 0.15) is 5.75 Å². The van der Waals surface area contributed by atoms with Crippen LogP contribution >= 0.6 is 23.2 Å². The Morgan fingerprint density at radius 2 is 1.67 bits per heavy atom. The second-order valence-corrected chi connectivity index (χ2v) is 4.68. The van der Waals surface area contributed by atoms with Crippen LogP contribution in [0.15, 0.2) is 48.5 Å². The summed E-state index contributed by atoms with van der Waals surface area (Å²) in [6, 6.07) is 15.7. The van der Waals surface area contributed by atoms with E-state index in [9.17, 15) is 0 Å². The molecule has 0 amide bonds. The molecule has 0 unspecified atom stereocenters. The Morgan fingerprint density at radius 3 is 2.33 bits per heavy atom. The Labute approximate surface area is 117 Å². The SMILES string of the molecule is ClCCCOc1ccc(-c2ccccc2Cl)cc1. The van der Waals surface area contributed by atoms with Gasteiger partial charge in [-0.15, -0.1) is 11.6 Å². The molecule has 0 radical (unpaired) electrons. The predicted molar refractivity (Wildman–Crippen MR) is 77.7 cm³/mol. The van der Waals surface area contributed by atoms with Gasteiger partial charge in [-0.25, -0.2) is 0 Å². The van der Waals surface area contributed by atoms with Crippen LogP contribution in [0.2, 0.25) is 5.02 Å². The van der Waals surface area contributed by atoms with E-state index in [-0.39, 0.29) is 0 Å². The van der Waals surface area contributed by atoms with E-state index in [0.717, 1.165) is 28.3 Å². The predicted octanol–water partition coefficient (Wildman–Crippen LogP) is 5.01. The minimum absolute atomic E-state index is 0.623. The highest BCUT2D eigenvalue weighted by molar-refractivity contribution is 6.33. The van der Waals surface area contributed by atoms with Crippen molar-refractivity contribution in [3.8, 4) is 16.9 Å². The van der Waals surface area contributed by atoms with Crippen LogP contribution in [0, 0.1) is 0 Å². The Morgan fingerprint density at radius 1 is 0.944 bits per heavy atom. The first kappa shape index (κ1) is 13.3.